The smallest absolute Gasteiger partial charge is 0.0991 e. The minimum Gasteiger partial charge on any atom is -0.370 e. The van der Waals surface area contributed by atoms with Gasteiger partial charge in [0, 0.05) is 42.7 Å². The van der Waals surface area contributed by atoms with E-state index in [-0.39, 0.29) is 6.04 Å². The number of nitrogens with two attached hydrogens (primary N) is 1. The summed E-state index contributed by atoms with van der Waals surface area (Å²) in [7, 11) is 0. The molecule has 1 aliphatic heterocycles. The number of pyridine rings is 1. The van der Waals surface area contributed by atoms with Crippen molar-refractivity contribution in [3.8, 4) is 17.2 Å². The molecule has 0 aliphatic carbocycles. The second-order valence-corrected chi connectivity index (χ2v) is 8.40. The fraction of sp³-hybridized carbons (Fsp3) is 0.259. The molecule has 1 aliphatic rings. The highest BCUT2D eigenvalue weighted by Gasteiger charge is 2.22. The van der Waals surface area contributed by atoms with Gasteiger partial charge in [0.1, 0.15) is 0 Å². The molecule has 2 N–H and O–H groups in total. The van der Waals surface area contributed by atoms with E-state index < -0.39 is 0 Å². The molecule has 1 fully saturated rings. The summed E-state index contributed by atoms with van der Waals surface area (Å²) in [4.78, 5) is 7.03. The fourth-order valence-electron chi connectivity index (χ4n) is 4.31. The zero-order valence-electron chi connectivity index (χ0n) is 18.2. The number of hydrogen-bond donors (Lipinski definition) is 1. The Morgan fingerprint density at radius 1 is 1.03 bits per heavy atom. The van der Waals surface area contributed by atoms with Crippen molar-refractivity contribution in [3.05, 3.63) is 82.7 Å². The third kappa shape index (κ3) is 4.84. The molecule has 4 nitrogen and oxygen atoms in total. The summed E-state index contributed by atoms with van der Waals surface area (Å²) in [5.41, 5.74) is 15.0. The van der Waals surface area contributed by atoms with Crippen molar-refractivity contribution in [2.75, 3.05) is 18.0 Å². The van der Waals surface area contributed by atoms with Gasteiger partial charge in [0.15, 0.2) is 0 Å². The molecule has 0 atom stereocenters. The molecule has 31 heavy (non-hydrogen) atoms. The van der Waals surface area contributed by atoms with Crippen LogP contribution in [-0.4, -0.2) is 24.1 Å². The van der Waals surface area contributed by atoms with Gasteiger partial charge in [-0.1, -0.05) is 53.6 Å². The van der Waals surface area contributed by atoms with Crippen LogP contribution < -0.4 is 10.6 Å². The van der Waals surface area contributed by atoms with Crippen LogP contribution in [0.5, 0.6) is 0 Å². The van der Waals surface area contributed by atoms with Crippen LogP contribution in [-0.2, 0) is 0 Å². The SMILES string of the molecule is Cc1cc(C)cc(-c2cncc(C=Cc3cccc(C#N)c3)c2N2CCC(N)CC2)c1. The lowest BCUT2D eigenvalue weighted by atomic mass is 9.96. The highest BCUT2D eigenvalue weighted by molar-refractivity contribution is 5.87. The van der Waals surface area contributed by atoms with Gasteiger partial charge in [-0.3, -0.25) is 4.98 Å². The van der Waals surface area contributed by atoms with Gasteiger partial charge < -0.3 is 10.6 Å². The zero-order chi connectivity index (χ0) is 21.8. The number of nitrogens with zero attached hydrogens (tertiary/aromatic N) is 3. The second-order valence-electron chi connectivity index (χ2n) is 8.40. The van der Waals surface area contributed by atoms with Gasteiger partial charge in [0.05, 0.1) is 17.3 Å². The predicted molar refractivity (Wildman–Crippen MR) is 129 cm³/mol. The summed E-state index contributed by atoms with van der Waals surface area (Å²) >= 11 is 0. The lowest BCUT2D eigenvalue weighted by Crippen LogP contribution is -2.40. The monoisotopic (exact) mass is 408 g/mol. The van der Waals surface area contributed by atoms with Crippen molar-refractivity contribution in [3.63, 3.8) is 0 Å². The Balaban J connectivity index is 1.80. The Bertz CT molecular complexity index is 1130. The topological polar surface area (TPSA) is 65.9 Å². The average molecular weight is 409 g/mol. The van der Waals surface area contributed by atoms with Crippen LogP contribution >= 0.6 is 0 Å². The third-order valence-electron chi connectivity index (χ3n) is 5.81. The molecular weight excluding hydrogens is 380 g/mol. The summed E-state index contributed by atoms with van der Waals surface area (Å²) in [6.07, 6.45) is 10.1. The number of aryl methyl sites for hydroxylation is 2. The zero-order valence-corrected chi connectivity index (χ0v) is 18.2. The molecular formula is C27H28N4. The van der Waals surface area contributed by atoms with E-state index in [1.807, 2.05) is 36.7 Å². The van der Waals surface area contributed by atoms with Crippen LogP contribution in [0, 0.1) is 25.2 Å². The molecule has 1 saturated heterocycles. The lowest BCUT2D eigenvalue weighted by Gasteiger charge is -2.34. The van der Waals surface area contributed by atoms with Crippen LogP contribution in [0.2, 0.25) is 0 Å². The highest BCUT2D eigenvalue weighted by atomic mass is 15.1. The van der Waals surface area contributed by atoms with Gasteiger partial charge in [0.2, 0.25) is 0 Å². The molecule has 0 radical (unpaired) electrons. The Morgan fingerprint density at radius 2 is 1.77 bits per heavy atom. The fourth-order valence-corrected chi connectivity index (χ4v) is 4.31. The predicted octanol–water partition coefficient (Wildman–Crippen LogP) is 5.34. The van der Waals surface area contributed by atoms with Gasteiger partial charge >= 0.3 is 0 Å². The Morgan fingerprint density at radius 3 is 2.48 bits per heavy atom. The first-order valence-corrected chi connectivity index (χ1v) is 10.8. The van der Waals surface area contributed by atoms with E-state index in [1.165, 1.54) is 22.4 Å². The maximum atomic E-state index is 9.19. The largest absolute Gasteiger partial charge is 0.370 e. The normalized spacial score (nSPS) is 14.7. The van der Waals surface area contributed by atoms with E-state index in [1.54, 1.807) is 0 Å². The van der Waals surface area contributed by atoms with Crippen LogP contribution in [0.25, 0.3) is 23.3 Å². The Hall–Kier alpha value is -3.42. The number of aromatic nitrogens is 1. The molecule has 2 heterocycles. The van der Waals surface area contributed by atoms with Crippen molar-refractivity contribution >= 4 is 17.8 Å². The summed E-state index contributed by atoms with van der Waals surface area (Å²) in [5.74, 6) is 0. The first-order chi connectivity index (χ1) is 15.0. The number of piperidine rings is 1. The second kappa shape index (κ2) is 9.16. The van der Waals surface area contributed by atoms with E-state index >= 15 is 0 Å². The minimum absolute atomic E-state index is 0.274. The molecule has 4 heteroatoms. The maximum Gasteiger partial charge on any atom is 0.0991 e. The first-order valence-electron chi connectivity index (χ1n) is 10.8. The van der Waals surface area contributed by atoms with Crippen molar-refractivity contribution in [1.82, 2.24) is 4.98 Å². The molecule has 3 aromatic rings. The summed E-state index contributed by atoms with van der Waals surface area (Å²) < 4.78 is 0. The van der Waals surface area contributed by atoms with E-state index in [4.69, 9.17) is 5.73 Å². The molecule has 0 bridgehead atoms. The maximum absolute atomic E-state index is 9.19. The third-order valence-corrected chi connectivity index (χ3v) is 5.81. The van der Waals surface area contributed by atoms with Crippen LogP contribution in [0.4, 0.5) is 5.69 Å². The molecule has 0 unspecified atom stereocenters. The van der Waals surface area contributed by atoms with Crippen LogP contribution in [0.3, 0.4) is 0 Å². The van der Waals surface area contributed by atoms with Gasteiger partial charge in [-0.05, 0) is 49.9 Å². The van der Waals surface area contributed by atoms with Gasteiger partial charge in [0.25, 0.3) is 0 Å². The first kappa shape index (κ1) is 20.8. The quantitative estimate of drug-likeness (QED) is 0.633. The molecule has 0 amide bonds. The number of rotatable bonds is 4. The minimum atomic E-state index is 0.274. The Kier molecular flexibility index (Phi) is 6.16. The van der Waals surface area contributed by atoms with E-state index in [0.717, 1.165) is 42.6 Å². The number of anilines is 1. The van der Waals surface area contributed by atoms with Crippen LogP contribution in [0.1, 0.15) is 40.7 Å². The molecule has 1 aromatic heterocycles. The molecule has 4 rings (SSSR count). The van der Waals surface area contributed by atoms with Crippen molar-refractivity contribution in [2.45, 2.75) is 32.7 Å². The summed E-state index contributed by atoms with van der Waals surface area (Å²) in [5, 5.41) is 9.19. The van der Waals surface area contributed by atoms with E-state index in [2.05, 4.69) is 60.2 Å². The lowest BCUT2D eigenvalue weighted by molar-refractivity contribution is 0.501. The molecule has 156 valence electrons. The van der Waals surface area contributed by atoms with Crippen molar-refractivity contribution in [2.24, 2.45) is 5.73 Å². The summed E-state index contributed by atoms with van der Waals surface area (Å²) in [6.45, 7) is 6.15. The van der Waals surface area contributed by atoms with E-state index in [9.17, 15) is 5.26 Å². The molecule has 0 saturated carbocycles. The number of benzene rings is 2. The standard InChI is InChI=1S/C27H28N4/c1-19-12-20(2)14-24(13-19)26-18-30-17-23(27(26)31-10-8-25(29)9-11-31)7-6-21-4-3-5-22(15-21)16-28/h3-7,12-15,17-18,25H,8-11,29H2,1-2H3. The van der Waals surface area contributed by atoms with Gasteiger partial charge in [-0.15, -0.1) is 0 Å². The average Bonchev–Trinajstić information content (AvgIpc) is 2.77. The van der Waals surface area contributed by atoms with Crippen LogP contribution in [0.15, 0.2) is 54.9 Å². The number of hydrogen-bond acceptors (Lipinski definition) is 4. The summed E-state index contributed by atoms with van der Waals surface area (Å²) in [6, 6.07) is 16.8. The van der Waals surface area contributed by atoms with Crippen molar-refractivity contribution < 1.29 is 0 Å². The Labute approximate surface area is 184 Å². The molecule has 2 aromatic carbocycles. The van der Waals surface area contributed by atoms with E-state index in [0.29, 0.717) is 5.56 Å². The highest BCUT2D eigenvalue weighted by Crippen LogP contribution is 2.36. The van der Waals surface area contributed by atoms with Gasteiger partial charge in [-0.2, -0.15) is 5.26 Å². The van der Waals surface area contributed by atoms with Crippen molar-refractivity contribution in [1.29, 1.82) is 5.26 Å². The van der Waals surface area contributed by atoms with Gasteiger partial charge in [-0.25, -0.2) is 0 Å². The number of nitriles is 1. The molecule has 0 spiro atoms.